The van der Waals surface area contributed by atoms with Crippen LogP contribution in [0.3, 0.4) is 0 Å². The highest BCUT2D eigenvalue weighted by atomic mass is 19.2. The summed E-state index contributed by atoms with van der Waals surface area (Å²) in [6, 6.07) is 11.3. The quantitative estimate of drug-likeness (QED) is 0.573. The molecule has 0 N–H and O–H groups in total. The van der Waals surface area contributed by atoms with Gasteiger partial charge in [-0.1, -0.05) is 38.3 Å². The molecule has 0 saturated heterocycles. The summed E-state index contributed by atoms with van der Waals surface area (Å²) in [4.78, 5) is 0. The lowest BCUT2D eigenvalue weighted by molar-refractivity contribution is 0.283. The molecule has 0 amide bonds. The van der Waals surface area contributed by atoms with E-state index in [9.17, 15) is 8.78 Å². The molecular weight excluding hydrogens is 324 g/mol. The minimum Gasteiger partial charge on any atom is -0.494 e. The lowest BCUT2D eigenvalue weighted by atomic mass is 10.2. The monoisotopic (exact) mass is 345 g/mol. The Morgan fingerprint density at radius 1 is 0.920 bits per heavy atom. The van der Waals surface area contributed by atoms with E-state index in [2.05, 4.69) is 6.92 Å². The first-order valence-electron chi connectivity index (χ1n) is 8.38. The van der Waals surface area contributed by atoms with Gasteiger partial charge in [0.1, 0.15) is 18.4 Å². The van der Waals surface area contributed by atoms with Crippen LogP contribution in [0.5, 0.6) is 11.5 Å². The third-order valence-corrected chi connectivity index (χ3v) is 3.75. The Kier molecular flexibility index (Phi) is 7.21. The Labute approximate surface area is 146 Å². The van der Waals surface area contributed by atoms with Crippen molar-refractivity contribution in [2.45, 2.75) is 39.2 Å². The first-order valence-corrected chi connectivity index (χ1v) is 8.38. The van der Waals surface area contributed by atoms with Gasteiger partial charge in [0.25, 0.3) is 0 Å². The van der Waals surface area contributed by atoms with Crippen molar-refractivity contribution < 1.29 is 18.3 Å². The number of ether oxygens (including phenoxy) is 2. The van der Waals surface area contributed by atoms with Gasteiger partial charge in [-0.2, -0.15) is 9.65 Å². The summed E-state index contributed by atoms with van der Waals surface area (Å²) >= 11 is 0. The van der Waals surface area contributed by atoms with Gasteiger partial charge in [0.15, 0.2) is 11.6 Å². The van der Waals surface area contributed by atoms with Gasteiger partial charge in [-0.05, 0) is 36.2 Å². The van der Waals surface area contributed by atoms with Crippen LogP contribution in [0.1, 0.15) is 43.7 Å². The minimum atomic E-state index is -1.19. The fraction of sp³-hybridized carbons (Fsp3) is 0.350. The van der Waals surface area contributed by atoms with Gasteiger partial charge in [-0.15, -0.1) is 0 Å². The number of hydrogen-bond donors (Lipinski definition) is 0. The van der Waals surface area contributed by atoms with Crippen LogP contribution in [0, 0.1) is 23.0 Å². The Balaban J connectivity index is 1.86. The predicted octanol–water partition coefficient (Wildman–Crippen LogP) is 5.37. The molecule has 0 atom stereocenters. The van der Waals surface area contributed by atoms with Gasteiger partial charge in [-0.25, -0.2) is 4.39 Å². The van der Waals surface area contributed by atoms with Crippen LogP contribution < -0.4 is 9.47 Å². The normalized spacial score (nSPS) is 10.3. The molecule has 0 saturated carbocycles. The van der Waals surface area contributed by atoms with Gasteiger partial charge < -0.3 is 9.47 Å². The van der Waals surface area contributed by atoms with E-state index in [1.54, 1.807) is 6.07 Å². The zero-order valence-electron chi connectivity index (χ0n) is 14.2. The minimum absolute atomic E-state index is 0.0963. The second-order valence-corrected chi connectivity index (χ2v) is 5.69. The first kappa shape index (κ1) is 18.7. The smallest absolute Gasteiger partial charge is 0.202 e. The van der Waals surface area contributed by atoms with E-state index in [1.807, 2.05) is 24.3 Å². The number of nitriles is 1. The molecule has 2 rings (SSSR count). The van der Waals surface area contributed by atoms with E-state index in [0.717, 1.165) is 24.2 Å². The first-order chi connectivity index (χ1) is 12.2. The molecule has 0 heterocycles. The van der Waals surface area contributed by atoms with Crippen molar-refractivity contribution in [3.8, 4) is 17.6 Å². The highest BCUT2D eigenvalue weighted by molar-refractivity contribution is 5.38. The number of rotatable bonds is 9. The number of hydrogen-bond acceptors (Lipinski definition) is 3. The molecule has 0 spiro atoms. The molecule has 0 aliphatic rings. The molecule has 0 aliphatic carbocycles. The molecule has 2 aromatic rings. The van der Waals surface area contributed by atoms with E-state index in [1.165, 1.54) is 25.0 Å². The van der Waals surface area contributed by atoms with Crippen molar-refractivity contribution in [3.63, 3.8) is 0 Å². The Morgan fingerprint density at radius 3 is 2.36 bits per heavy atom. The number of unbranched alkanes of at least 4 members (excludes halogenated alkanes) is 3. The van der Waals surface area contributed by atoms with E-state index in [0.29, 0.717) is 6.61 Å². The molecule has 5 heteroatoms. The van der Waals surface area contributed by atoms with Crippen LogP contribution in [0.2, 0.25) is 0 Å². The SMILES string of the molecule is CCCCCCOc1ccc(COc2ccc(C#N)c(F)c2F)cc1. The summed E-state index contributed by atoms with van der Waals surface area (Å²) in [5.41, 5.74) is 0.466. The average Bonchev–Trinajstić information content (AvgIpc) is 2.64. The summed E-state index contributed by atoms with van der Waals surface area (Å²) in [5, 5.41) is 8.66. The summed E-state index contributed by atoms with van der Waals surface area (Å²) in [7, 11) is 0. The van der Waals surface area contributed by atoms with E-state index in [-0.39, 0.29) is 17.9 Å². The maximum atomic E-state index is 13.8. The zero-order chi connectivity index (χ0) is 18.1. The zero-order valence-corrected chi connectivity index (χ0v) is 14.2. The van der Waals surface area contributed by atoms with Crippen LogP contribution in [0.15, 0.2) is 36.4 Å². The van der Waals surface area contributed by atoms with Gasteiger partial charge in [0.05, 0.1) is 12.2 Å². The third kappa shape index (κ3) is 5.46. The fourth-order valence-corrected chi connectivity index (χ4v) is 2.29. The van der Waals surface area contributed by atoms with Gasteiger partial charge >= 0.3 is 0 Å². The van der Waals surface area contributed by atoms with Crippen LogP contribution in [0.4, 0.5) is 8.78 Å². The van der Waals surface area contributed by atoms with Crippen molar-refractivity contribution in [3.05, 3.63) is 59.2 Å². The molecule has 0 unspecified atom stereocenters. The van der Waals surface area contributed by atoms with Crippen LogP contribution in [0.25, 0.3) is 0 Å². The van der Waals surface area contributed by atoms with E-state index < -0.39 is 11.6 Å². The molecular formula is C20H21F2NO2. The highest BCUT2D eigenvalue weighted by Gasteiger charge is 2.14. The molecule has 25 heavy (non-hydrogen) atoms. The molecule has 3 nitrogen and oxygen atoms in total. The standard InChI is InChI=1S/C20H21F2NO2/c1-2-3-4-5-12-24-17-9-6-15(7-10-17)14-25-18-11-8-16(13-23)19(21)20(18)22/h6-11H,2-5,12,14H2,1H3. The molecule has 0 bridgehead atoms. The van der Waals surface area contributed by atoms with Crippen molar-refractivity contribution in [2.75, 3.05) is 6.61 Å². The lowest BCUT2D eigenvalue weighted by Crippen LogP contribution is -2.01. The molecule has 0 aromatic heterocycles. The lowest BCUT2D eigenvalue weighted by Gasteiger charge is -2.10. The molecule has 2 aromatic carbocycles. The van der Waals surface area contributed by atoms with Crippen molar-refractivity contribution in [2.24, 2.45) is 0 Å². The van der Waals surface area contributed by atoms with E-state index in [4.69, 9.17) is 14.7 Å². The van der Waals surface area contributed by atoms with Gasteiger partial charge in [0.2, 0.25) is 5.82 Å². The van der Waals surface area contributed by atoms with Crippen molar-refractivity contribution >= 4 is 0 Å². The predicted molar refractivity (Wildman–Crippen MR) is 91.5 cm³/mol. The second kappa shape index (κ2) is 9.63. The van der Waals surface area contributed by atoms with Crippen LogP contribution in [-0.4, -0.2) is 6.61 Å². The molecule has 0 fully saturated rings. The Bertz CT molecular complexity index is 724. The Morgan fingerprint density at radius 2 is 1.68 bits per heavy atom. The Hall–Kier alpha value is -2.61. The van der Waals surface area contributed by atoms with Crippen molar-refractivity contribution in [1.82, 2.24) is 0 Å². The number of halogens is 2. The topological polar surface area (TPSA) is 42.2 Å². The maximum absolute atomic E-state index is 13.8. The summed E-state index contributed by atoms with van der Waals surface area (Å²) < 4.78 is 38.3. The number of benzene rings is 2. The molecule has 0 aliphatic heterocycles. The van der Waals surface area contributed by atoms with Crippen LogP contribution >= 0.6 is 0 Å². The van der Waals surface area contributed by atoms with Gasteiger partial charge in [0, 0.05) is 0 Å². The summed E-state index contributed by atoms with van der Waals surface area (Å²) in [5.74, 6) is -1.78. The maximum Gasteiger partial charge on any atom is 0.202 e. The molecule has 132 valence electrons. The highest BCUT2D eigenvalue weighted by Crippen LogP contribution is 2.23. The van der Waals surface area contributed by atoms with Gasteiger partial charge in [-0.3, -0.25) is 0 Å². The number of nitrogens with zero attached hydrogens (tertiary/aromatic N) is 1. The average molecular weight is 345 g/mol. The van der Waals surface area contributed by atoms with E-state index >= 15 is 0 Å². The largest absolute Gasteiger partial charge is 0.494 e. The fourth-order valence-electron chi connectivity index (χ4n) is 2.29. The summed E-state index contributed by atoms with van der Waals surface area (Å²) in [6.07, 6.45) is 4.60. The second-order valence-electron chi connectivity index (χ2n) is 5.69. The molecule has 0 radical (unpaired) electrons. The third-order valence-electron chi connectivity index (χ3n) is 3.75. The van der Waals surface area contributed by atoms with Crippen LogP contribution in [-0.2, 0) is 6.61 Å². The summed E-state index contributed by atoms with van der Waals surface area (Å²) in [6.45, 7) is 2.95. The van der Waals surface area contributed by atoms with Crippen molar-refractivity contribution in [1.29, 1.82) is 5.26 Å².